The van der Waals surface area contributed by atoms with Gasteiger partial charge in [0, 0.05) is 42.8 Å². The highest BCUT2D eigenvalue weighted by Crippen LogP contribution is 2.44. The van der Waals surface area contributed by atoms with Crippen molar-refractivity contribution in [1.29, 1.82) is 0 Å². The Kier molecular flexibility index (Phi) is 5.40. The van der Waals surface area contributed by atoms with Crippen molar-refractivity contribution >= 4 is 34.4 Å². The third-order valence-electron chi connectivity index (χ3n) is 6.40. The molecule has 3 aromatic carbocycles. The van der Waals surface area contributed by atoms with E-state index in [0.29, 0.717) is 11.4 Å². The highest BCUT2D eigenvalue weighted by molar-refractivity contribution is 6.30. The number of carbonyl (C=O) groups is 1. The van der Waals surface area contributed by atoms with Crippen LogP contribution in [0.25, 0.3) is 0 Å². The van der Waals surface area contributed by atoms with Crippen molar-refractivity contribution in [2.75, 3.05) is 29.6 Å². The smallest absolute Gasteiger partial charge is 0.145 e. The van der Waals surface area contributed by atoms with Gasteiger partial charge in [-0.1, -0.05) is 54.1 Å². The second-order valence-electron chi connectivity index (χ2n) is 8.71. The van der Waals surface area contributed by atoms with E-state index < -0.39 is 0 Å². The molecule has 5 rings (SSSR count). The van der Waals surface area contributed by atoms with Crippen LogP contribution in [0.3, 0.4) is 0 Å². The minimum absolute atomic E-state index is 0.0283. The Hall–Kier alpha value is -3.24. The first-order valence-electron chi connectivity index (χ1n) is 10.9. The first-order chi connectivity index (χ1) is 15.5. The molecule has 0 spiro atoms. The highest BCUT2D eigenvalue weighted by atomic mass is 35.5. The van der Waals surface area contributed by atoms with Crippen molar-refractivity contribution in [3.8, 4) is 0 Å². The molecule has 3 atom stereocenters. The number of anilines is 3. The largest absolute Gasteiger partial charge is 0.378 e. The van der Waals surface area contributed by atoms with E-state index in [9.17, 15) is 4.79 Å². The van der Waals surface area contributed by atoms with Gasteiger partial charge in [0.25, 0.3) is 0 Å². The second kappa shape index (κ2) is 8.36. The minimum atomic E-state index is -0.281. The molecule has 5 heteroatoms. The molecule has 32 heavy (non-hydrogen) atoms. The minimum Gasteiger partial charge on any atom is -0.378 e. The SMILES string of the molecule is CN(C)c1ccc([C@H]2Nc3ccccc3NC3=C[C@@H](c4ccc(Cl)cc4)CC(=O)[C@H]32)cc1. The van der Waals surface area contributed by atoms with Crippen LogP contribution >= 0.6 is 11.6 Å². The Morgan fingerprint density at radius 2 is 1.53 bits per heavy atom. The lowest BCUT2D eigenvalue weighted by Gasteiger charge is -2.32. The molecule has 3 aromatic rings. The van der Waals surface area contributed by atoms with Crippen LogP contribution in [0.1, 0.15) is 29.5 Å². The number of hydrogen-bond acceptors (Lipinski definition) is 4. The highest BCUT2D eigenvalue weighted by Gasteiger charge is 2.39. The van der Waals surface area contributed by atoms with Crippen molar-refractivity contribution in [2.24, 2.45) is 5.92 Å². The summed E-state index contributed by atoms with van der Waals surface area (Å²) < 4.78 is 0. The first-order valence-corrected chi connectivity index (χ1v) is 11.3. The lowest BCUT2D eigenvalue weighted by Crippen LogP contribution is -2.33. The molecule has 0 amide bonds. The summed E-state index contributed by atoms with van der Waals surface area (Å²) in [6.07, 6.45) is 2.70. The third-order valence-corrected chi connectivity index (χ3v) is 6.65. The molecule has 0 saturated heterocycles. The molecule has 162 valence electrons. The van der Waals surface area contributed by atoms with E-state index in [1.807, 2.05) is 56.6 Å². The average molecular weight is 444 g/mol. The number of allylic oxidation sites excluding steroid dienone is 1. The van der Waals surface area contributed by atoms with E-state index in [-0.39, 0.29) is 23.7 Å². The molecule has 1 heterocycles. The summed E-state index contributed by atoms with van der Waals surface area (Å²) in [5.74, 6) is -0.0198. The lowest BCUT2D eigenvalue weighted by molar-refractivity contribution is -0.122. The monoisotopic (exact) mass is 443 g/mol. The van der Waals surface area contributed by atoms with Gasteiger partial charge < -0.3 is 15.5 Å². The van der Waals surface area contributed by atoms with Crippen LogP contribution < -0.4 is 15.5 Å². The zero-order valence-electron chi connectivity index (χ0n) is 18.2. The van der Waals surface area contributed by atoms with Crippen molar-refractivity contribution in [3.05, 3.63) is 101 Å². The summed E-state index contributed by atoms with van der Waals surface area (Å²) in [6, 6.07) is 24.2. The van der Waals surface area contributed by atoms with E-state index in [2.05, 4.69) is 51.9 Å². The van der Waals surface area contributed by atoms with Gasteiger partial charge in [-0.25, -0.2) is 0 Å². The number of fused-ring (bicyclic) bond motifs is 2. The predicted molar refractivity (Wildman–Crippen MR) is 133 cm³/mol. The number of benzene rings is 3. The first kappa shape index (κ1) is 20.7. The molecule has 4 nitrogen and oxygen atoms in total. The van der Waals surface area contributed by atoms with E-state index in [1.165, 1.54) is 0 Å². The Morgan fingerprint density at radius 3 is 2.22 bits per heavy atom. The van der Waals surface area contributed by atoms with Gasteiger partial charge in [-0.05, 0) is 47.5 Å². The van der Waals surface area contributed by atoms with E-state index in [4.69, 9.17) is 11.6 Å². The molecule has 0 unspecified atom stereocenters. The predicted octanol–water partition coefficient (Wildman–Crippen LogP) is 6.24. The van der Waals surface area contributed by atoms with Gasteiger partial charge in [-0.3, -0.25) is 4.79 Å². The summed E-state index contributed by atoms with van der Waals surface area (Å²) in [7, 11) is 4.06. The molecule has 0 radical (unpaired) electrons. The van der Waals surface area contributed by atoms with E-state index in [1.54, 1.807) is 0 Å². The number of rotatable bonds is 3. The average Bonchev–Trinajstić information content (AvgIpc) is 2.96. The van der Waals surface area contributed by atoms with Gasteiger partial charge >= 0.3 is 0 Å². The summed E-state index contributed by atoms with van der Waals surface area (Å²) in [4.78, 5) is 15.7. The molecular weight excluding hydrogens is 418 g/mol. The summed E-state index contributed by atoms with van der Waals surface area (Å²) in [6.45, 7) is 0. The molecule has 0 aromatic heterocycles. The molecule has 0 bridgehead atoms. The van der Waals surface area contributed by atoms with Crippen LogP contribution in [0.5, 0.6) is 0 Å². The lowest BCUT2D eigenvalue weighted by atomic mass is 9.76. The van der Waals surface area contributed by atoms with Crippen LogP contribution in [0.15, 0.2) is 84.6 Å². The van der Waals surface area contributed by atoms with Crippen molar-refractivity contribution in [1.82, 2.24) is 0 Å². The molecule has 1 aliphatic carbocycles. The Labute approximate surface area is 193 Å². The molecule has 2 aliphatic rings. The third kappa shape index (κ3) is 3.87. The topological polar surface area (TPSA) is 44.4 Å². The number of hydrogen-bond donors (Lipinski definition) is 2. The van der Waals surface area contributed by atoms with Gasteiger partial charge in [0.2, 0.25) is 0 Å². The van der Waals surface area contributed by atoms with Crippen LogP contribution in [0.2, 0.25) is 5.02 Å². The van der Waals surface area contributed by atoms with Crippen molar-refractivity contribution in [3.63, 3.8) is 0 Å². The van der Waals surface area contributed by atoms with Crippen LogP contribution in [-0.2, 0) is 4.79 Å². The maximum Gasteiger partial charge on any atom is 0.145 e. The molecule has 0 fully saturated rings. The molecule has 0 saturated carbocycles. The summed E-state index contributed by atoms with van der Waals surface area (Å²) in [5.41, 5.74) is 6.28. The fourth-order valence-corrected chi connectivity index (χ4v) is 4.81. The summed E-state index contributed by atoms with van der Waals surface area (Å²) in [5, 5.41) is 7.94. The fourth-order valence-electron chi connectivity index (χ4n) is 4.69. The number of nitrogens with one attached hydrogen (secondary N) is 2. The van der Waals surface area contributed by atoms with Gasteiger partial charge in [0.15, 0.2) is 0 Å². The standard InChI is InChI=1S/C27H26ClN3O/c1-31(2)21-13-9-18(10-14-21)27-26-24(29-22-5-3-4-6-23(22)30-27)15-19(16-25(26)32)17-7-11-20(28)12-8-17/h3-15,19,26-27,29-30H,16H2,1-2H3/t19-,26+,27-/m1/s1. The van der Waals surface area contributed by atoms with Gasteiger partial charge in [0.1, 0.15) is 5.78 Å². The number of halogens is 1. The van der Waals surface area contributed by atoms with Gasteiger partial charge in [-0.2, -0.15) is 0 Å². The summed E-state index contributed by atoms with van der Waals surface area (Å²) >= 11 is 6.08. The Balaban J connectivity index is 1.58. The number of para-hydroxylation sites is 2. The molecular formula is C27H26ClN3O. The normalized spacial score (nSPS) is 21.9. The van der Waals surface area contributed by atoms with Gasteiger partial charge in [0.05, 0.1) is 23.3 Å². The fraction of sp³-hybridized carbons (Fsp3) is 0.222. The maximum absolute atomic E-state index is 13.6. The second-order valence-corrected chi connectivity index (χ2v) is 9.14. The molecule has 1 aliphatic heterocycles. The van der Waals surface area contributed by atoms with Crippen molar-refractivity contribution in [2.45, 2.75) is 18.4 Å². The number of Topliss-reactive ketones (excluding diaryl/α,β-unsaturated/α-hetero) is 1. The number of nitrogens with zero attached hydrogens (tertiary/aromatic N) is 1. The van der Waals surface area contributed by atoms with Gasteiger partial charge in [-0.15, -0.1) is 0 Å². The maximum atomic E-state index is 13.6. The Bertz CT molecular complexity index is 1170. The number of carbonyl (C=O) groups excluding carboxylic acids is 1. The number of ketones is 1. The van der Waals surface area contributed by atoms with Crippen LogP contribution in [-0.4, -0.2) is 19.9 Å². The zero-order chi connectivity index (χ0) is 22.2. The quantitative estimate of drug-likeness (QED) is 0.502. The van der Waals surface area contributed by atoms with E-state index >= 15 is 0 Å². The van der Waals surface area contributed by atoms with Crippen molar-refractivity contribution < 1.29 is 4.79 Å². The van der Waals surface area contributed by atoms with Crippen LogP contribution in [0, 0.1) is 5.92 Å². The van der Waals surface area contributed by atoms with Crippen LogP contribution in [0.4, 0.5) is 17.1 Å². The van der Waals surface area contributed by atoms with E-state index in [0.717, 1.165) is 33.9 Å². The zero-order valence-corrected chi connectivity index (χ0v) is 18.9. The molecule has 2 N–H and O–H groups in total. The Morgan fingerprint density at radius 1 is 0.875 bits per heavy atom.